The summed E-state index contributed by atoms with van der Waals surface area (Å²) in [5.74, 6) is -0.0458. The van der Waals surface area contributed by atoms with Crippen molar-refractivity contribution < 1.29 is 13.9 Å². The molecule has 1 aliphatic carbocycles. The van der Waals surface area contributed by atoms with Crippen LogP contribution in [0, 0.1) is 12.7 Å². The highest BCUT2D eigenvalue weighted by atomic mass is 19.1. The maximum Gasteiger partial charge on any atom is 0.258 e. The summed E-state index contributed by atoms with van der Waals surface area (Å²) in [6.45, 7) is 4.30. The van der Waals surface area contributed by atoms with Gasteiger partial charge in [-0.15, -0.1) is 0 Å². The minimum absolute atomic E-state index is 0. The molecule has 0 spiro atoms. The molecule has 3 heterocycles. The normalized spacial score (nSPS) is 16.4. The fraction of sp³-hybridized carbons (Fsp3) is 0.296. The summed E-state index contributed by atoms with van der Waals surface area (Å²) in [7, 11) is 0. The van der Waals surface area contributed by atoms with Crippen LogP contribution in [0.1, 0.15) is 60.8 Å². The van der Waals surface area contributed by atoms with E-state index in [9.17, 15) is 9.18 Å². The third-order valence-corrected chi connectivity index (χ3v) is 6.56. The molecule has 180 valence electrons. The fourth-order valence-electron chi connectivity index (χ4n) is 4.50. The Kier molecular flexibility index (Phi) is 5.67. The van der Waals surface area contributed by atoms with Crippen LogP contribution in [0.15, 0.2) is 55.4 Å². The Bertz CT molecular complexity index is 1420. The lowest BCUT2D eigenvalue weighted by Crippen LogP contribution is -2.16. The first-order chi connectivity index (χ1) is 16.5. The number of imidazole rings is 2. The van der Waals surface area contributed by atoms with E-state index in [0.717, 1.165) is 41.0 Å². The van der Waals surface area contributed by atoms with Gasteiger partial charge in [0, 0.05) is 17.7 Å². The van der Waals surface area contributed by atoms with Gasteiger partial charge in [-0.1, -0.05) is 13.5 Å². The summed E-state index contributed by atoms with van der Waals surface area (Å²) in [5.41, 5.74) is 4.69. The van der Waals surface area contributed by atoms with E-state index >= 15 is 0 Å². The van der Waals surface area contributed by atoms with Gasteiger partial charge in [-0.3, -0.25) is 4.79 Å². The topological polar surface area (TPSA) is 74.0 Å². The van der Waals surface area contributed by atoms with E-state index in [1.165, 1.54) is 6.07 Å². The number of hydrogen-bond donors (Lipinski definition) is 1. The van der Waals surface area contributed by atoms with Crippen LogP contribution in [-0.2, 0) is 0 Å². The van der Waals surface area contributed by atoms with Gasteiger partial charge in [0.15, 0.2) is 5.75 Å². The maximum absolute atomic E-state index is 14.9. The van der Waals surface area contributed by atoms with Crippen LogP contribution < -0.4 is 10.1 Å². The molecule has 2 aromatic carbocycles. The van der Waals surface area contributed by atoms with Crippen LogP contribution in [0.25, 0.3) is 16.9 Å². The summed E-state index contributed by atoms with van der Waals surface area (Å²) < 4.78 is 24.9. The molecule has 0 bridgehead atoms. The largest absolute Gasteiger partial charge is 0.489 e. The van der Waals surface area contributed by atoms with Crippen LogP contribution in [0.4, 0.5) is 10.1 Å². The highest BCUT2D eigenvalue weighted by Crippen LogP contribution is 2.41. The van der Waals surface area contributed by atoms with Crippen molar-refractivity contribution in [1.82, 2.24) is 19.1 Å². The van der Waals surface area contributed by atoms with Gasteiger partial charge in [0.25, 0.3) is 5.91 Å². The van der Waals surface area contributed by atoms with Crippen LogP contribution in [-0.4, -0.2) is 31.6 Å². The third-order valence-electron chi connectivity index (χ3n) is 6.56. The van der Waals surface area contributed by atoms with Crippen molar-refractivity contribution in [3.8, 4) is 22.7 Å². The summed E-state index contributed by atoms with van der Waals surface area (Å²) in [6.07, 6.45) is 9.55. The van der Waals surface area contributed by atoms with Gasteiger partial charge < -0.3 is 19.2 Å². The molecule has 1 amide bonds. The molecule has 1 aliphatic heterocycles. The molecule has 2 aliphatic rings. The number of nitrogens with zero attached hydrogens (tertiary/aromatic N) is 4. The van der Waals surface area contributed by atoms with Crippen LogP contribution >= 0.6 is 0 Å². The van der Waals surface area contributed by atoms with Crippen molar-refractivity contribution >= 4 is 11.6 Å². The smallest absolute Gasteiger partial charge is 0.258 e. The molecule has 6 rings (SSSR count). The molecule has 0 saturated heterocycles. The van der Waals surface area contributed by atoms with Crippen molar-refractivity contribution in [1.29, 1.82) is 0 Å². The predicted octanol–water partition coefficient (Wildman–Crippen LogP) is 5.90. The second-order valence-corrected chi connectivity index (χ2v) is 9.08. The van der Waals surface area contributed by atoms with Crippen LogP contribution in [0.5, 0.6) is 5.75 Å². The number of aryl methyl sites for hydroxylation is 1. The van der Waals surface area contributed by atoms with Gasteiger partial charge >= 0.3 is 0 Å². The first kappa shape index (κ1) is 22.8. The zero-order chi connectivity index (χ0) is 23.4. The lowest BCUT2D eigenvalue weighted by atomic mass is 10.1. The molecule has 1 fully saturated rings. The molecule has 2 aromatic heterocycles. The third kappa shape index (κ3) is 3.99. The highest BCUT2D eigenvalue weighted by Gasteiger charge is 2.27. The number of carbonyl (C=O) groups excluding carboxylic acids is 1. The van der Waals surface area contributed by atoms with E-state index in [4.69, 9.17) is 4.74 Å². The molecule has 7 nitrogen and oxygen atoms in total. The zero-order valence-electron chi connectivity index (χ0n) is 19.0. The van der Waals surface area contributed by atoms with Gasteiger partial charge in [-0.2, -0.15) is 0 Å². The molecule has 1 atom stereocenters. The number of amides is 1. The molecular formula is C27H28FN5O2. The Morgan fingerprint density at radius 1 is 1.23 bits per heavy atom. The van der Waals surface area contributed by atoms with Gasteiger partial charge in [-0.05, 0) is 56.5 Å². The number of nitrogens with one attached hydrogen (secondary N) is 1. The molecule has 1 saturated carbocycles. The number of anilines is 1. The SMILES string of the molecule is C.Cc1cc(F)c(C(=O)Nc2cccc3c2OC[C@H](C)n2cncc2-3)cc1-n1cnc(C2CC2)c1. The summed E-state index contributed by atoms with van der Waals surface area (Å²) in [4.78, 5) is 22.0. The zero-order valence-corrected chi connectivity index (χ0v) is 19.0. The van der Waals surface area contributed by atoms with Gasteiger partial charge in [0.1, 0.15) is 12.4 Å². The number of hydrogen-bond acceptors (Lipinski definition) is 4. The van der Waals surface area contributed by atoms with E-state index in [1.807, 2.05) is 41.3 Å². The number of fused-ring (bicyclic) bond motifs is 3. The second-order valence-electron chi connectivity index (χ2n) is 9.08. The van der Waals surface area contributed by atoms with Crippen molar-refractivity contribution in [3.05, 3.63) is 78.0 Å². The van der Waals surface area contributed by atoms with E-state index in [2.05, 4.69) is 15.3 Å². The number of carbonyl (C=O) groups is 1. The van der Waals surface area contributed by atoms with Crippen LogP contribution in [0.3, 0.4) is 0 Å². The standard InChI is InChI=1S/C26H24FN5O2.CH4/c1-15-8-20(27)19(9-23(15)31-11-22(29-14-31)17-6-7-17)26(33)30-21-5-3-4-18-24-10-28-13-32(24)16(2)12-34-25(18)21;/h3-5,8-11,13-14,16-17H,6-7,12H2,1-2H3,(H,30,33);1H4/t16-;/m0./s1. The molecule has 4 aromatic rings. The van der Waals surface area contributed by atoms with Crippen molar-refractivity contribution in [2.45, 2.75) is 46.1 Å². The first-order valence-corrected chi connectivity index (χ1v) is 11.4. The Labute approximate surface area is 203 Å². The summed E-state index contributed by atoms with van der Waals surface area (Å²) in [6, 6.07) is 8.59. The minimum Gasteiger partial charge on any atom is -0.489 e. The number of aromatic nitrogens is 4. The summed E-state index contributed by atoms with van der Waals surface area (Å²) in [5, 5.41) is 2.87. The predicted molar refractivity (Wildman–Crippen MR) is 133 cm³/mol. The first-order valence-electron chi connectivity index (χ1n) is 11.4. The van der Waals surface area contributed by atoms with Gasteiger partial charge in [0.2, 0.25) is 0 Å². The number of halogens is 1. The Balaban J connectivity index is 0.00000253. The number of ether oxygens (including phenoxy) is 1. The molecule has 0 radical (unpaired) electrons. The monoisotopic (exact) mass is 473 g/mol. The number of benzene rings is 2. The lowest BCUT2D eigenvalue weighted by Gasteiger charge is -2.15. The Hall–Kier alpha value is -3.94. The van der Waals surface area contributed by atoms with Crippen molar-refractivity contribution in [3.63, 3.8) is 0 Å². The number of rotatable bonds is 4. The maximum atomic E-state index is 14.9. The minimum atomic E-state index is -0.573. The van der Waals surface area contributed by atoms with E-state index in [1.54, 1.807) is 31.0 Å². The Morgan fingerprint density at radius 3 is 2.86 bits per heavy atom. The molecule has 35 heavy (non-hydrogen) atoms. The fourth-order valence-corrected chi connectivity index (χ4v) is 4.50. The molecular weight excluding hydrogens is 445 g/mol. The second kappa shape index (κ2) is 8.69. The van der Waals surface area contributed by atoms with Crippen molar-refractivity contribution in [2.75, 3.05) is 11.9 Å². The lowest BCUT2D eigenvalue weighted by molar-refractivity contribution is 0.102. The quantitative estimate of drug-likeness (QED) is 0.400. The molecule has 0 unspecified atom stereocenters. The van der Waals surface area contributed by atoms with Gasteiger partial charge in [-0.25, -0.2) is 14.4 Å². The Morgan fingerprint density at radius 2 is 2.06 bits per heavy atom. The highest BCUT2D eigenvalue weighted by molar-refractivity contribution is 6.06. The summed E-state index contributed by atoms with van der Waals surface area (Å²) >= 11 is 0. The van der Waals surface area contributed by atoms with Gasteiger partial charge in [0.05, 0.1) is 53.2 Å². The average molecular weight is 474 g/mol. The average Bonchev–Trinajstić information content (AvgIpc) is 3.38. The number of para-hydroxylation sites is 1. The van der Waals surface area contributed by atoms with E-state index in [-0.39, 0.29) is 19.0 Å². The van der Waals surface area contributed by atoms with E-state index < -0.39 is 11.7 Å². The molecule has 8 heteroatoms. The molecule has 1 N–H and O–H groups in total. The van der Waals surface area contributed by atoms with Crippen molar-refractivity contribution in [2.24, 2.45) is 0 Å². The van der Waals surface area contributed by atoms with E-state index in [0.29, 0.717) is 24.0 Å². The van der Waals surface area contributed by atoms with Crippen LogP contribution in [0.2, 0.25) is 0 Å².